The van der Waals surface area contributed by atoms with Crippen molar-refractivity contribution in [3.8, 4) is 0 Å². The van der Waals surface area contributed by atoms with Crippen LogP contribution in [0.4, 0.5) is 15.8 Å². The third-order valence-electron chi connectivity index (χ3n) is 7.95. The Balaban J connectivity index is 1.27. The molecular weight excluding hydrogens is 625 g/mol. The van der Waals surface area contributed by atoms with E-state index in [9.17, 15) is 33.5 Å². The number of amides is 4. The van der Waals surface area contributed by atoms with Crippen LogP contribution in [0.25, 0.3) is 10.8 Å². The number of hydrogen-bond donors (Lipinski definition) is 3. The molecule has 3 heterocycles. The lowest BCUT2D eigenvalue weighted by Crippen LogP contribution is -2.55. The van der Waals surface area contributed by atoms with Gasteiger partial charge in [-0.15, -0.1) is 0 Å². The minimum atomic E-state index is -1.45. The Morgan fingerprint density at radius 2 is 1.75 bits per heavy atom. The van der Waals surface area contributed by atoms with Gasteiger partial charge in [0.2, 0.25) is 12.2 Å². The first kappa shape index (κ1) is 32.2. The molecule has 1 unspecified atom stereocenters. The third kappa shape index (κ3) is 6.84. The maximum absolute atomic E-state index is 14.6. The second kappa shape index (κ2) is 13.9. The van der Waals surface area contributed by atoms with Crippen LogP contribution in [0.1, 0.15) is 22.5 Å². The van der Waals surface area contributed by atoms with E-state index >= 15 is 0 Å². The van der Waals surface area contributed by atoms with E-state index < -0.39 is 73.5 Å². The molecule has 0 bridgehead atoms. The summed E-state index contributed by atoms with van der Waals surface area (Å²) in [5.74, 6) is -4.46. The van der Waals surface area contributed by atoms with E-state index in [4.69, 9.17) is 9.47 Å². The molecule has 48 heavy (non-hydrogen) atoms. The zero-order chi connectivity index (χ0) is 33.8. The summed E-state index contributed by atoms with van der Waals surface area (Å²) in [7, 11) is 0. The highest BCUT2D eigenvalue weighted by atomic mass is 19.1. The normalized spacial score (nSPS) is 19.0. The minimum absolute atomic E-state index is 0.0190. The molecule has 1 aromatic heterocycles. The van der Waals surface area contributed by atoms with Crippen LogP contribution >= 0.6 is 0 Å². The standard InChI is InChI=1S/C34H30FN5O8/c35-22-10-11-26-27(14-22)39(29(43)18-41)16-25(38-32(45)31-23-9-5-4-8-21(23)12-13-36-31)33(46)40(26)17-28(42)37-24-15-30(44)48-34(24)47-19-20-6-2-1-3-7-20/h1-14,24-25,34,41H,15-19H2,(H,37,42)(H,38,45)/t24-,25-,34?/m0/s1. The van der Waals surface area contributed by atoms with Crippen LogP contribution in [0.2, 0.25) is 0 Å². The van der Waals surface area contributed by atoms with Gasteiger partial charge >= 0.3 is 5.97 Å². The fourth-order valence-electron chi connectivity index (χ4n) is 5.68. The topological polar surface area (TPSA) is 167 Å². The summed E-state index contributed by atoms with van der Waals surface area (Å²) in [6, 6.07) is 18.8. The highest BCUT2D eigenvalue weighted by Crippen LogP contribution is 2.34. The number of esters is 1. The molecule has 4 aromatic rings. The van der Waals surface area contributed by atoms with E-state index in [1.807, 2.05) is 30.3 Å². The van der Waals surface area contributed by atoms with Crippen molar-refractivity contribution >= 4 is 51.7 Å². The van der Waals surface area contributed by atoms with Crippen LogP contribution in [0.15, 0.2) is 85.1 Å². The molecule has 3 aromatic carbocycles. The van der Waals surface area contributed by atoms with Gasteiger partial charge in [-0.25, -0.2) is 4.39 Å². The number of pyridine rings is 1. The van der Waals surface area contributed by atoms with Crippen molar-refractivity contribution in [1.82, 2.24) is 15.6 Å². The lowest BCUT2D eigenvalue weighted by Gasteiger charge is -2.26. The number of nitrogens with zero attached hydrogens (tertiary/aromatic N) is 3. The van der Waals surface area contributed by atoms with Gasteiger partial charge in [0.15, 0.2) is 0 Å². The molecule has 3 atom stereocenters. The first-order valence-electron chi connectivity index (χ1n) is 15.0. The molecule has 14 heteroatoms. The van der Waals surface area contributed by atoms with Gasteiger partial charge in [-0.1, -0.05) is 54.6 Å². The molecule has 4 amide bonds. The second-order valence-electron chi connectivity index (χ2n) is 11.2. The van der Waals surface area contributed by atoms with Gasteiger partial charge in [0.1, 0.15) is 36.7 Å². The van der Waals surface area contributed by atoms with E-state index in [0.717, 1.165) is 32.9 Å². The monoisotopic (exact) mass is 655 g/mol. The molecule has 3 N–H and O–H groups in total. The number of benzene rings is 3. The van der Waals surface area contributed by atoms with Crippen molar-refractivity contribution in [2.24, 2.45) is 0 Å². The SMILES string of the molecule is O=C(CN1C(=O)[C@@H](NC(=O)c2nccc3ccccc23)CN(C(=O)CO)c2cc(F)ccc21)N[C@H]1CC(=O)OC1OCc1ccccc1. The molecule has 1 fully saturated rings. The van der Waals surface area contributed by atoms with Crippen molar-refractivity contribution in [2.75, 3.05) is 29.5 Å². The van der Waals surface area contributed by atoms with Gasteiger partial charge in [0, 0.05) is 11.6 Å². The number of halogens is 1. The van der Waals surface area contributed by atoms with E-state index in [1.54, 1.807) is 30.3 Å². The summed E-state index contributed by atoms with van der Waals surface area (Å²) in [4.78, 5) is 72.4. The Morgan fingerprint density at radius 1 is 0.979 bits per heavy atom. The predicted octanol–water partition coefficient (Wildman–Crippen LogP) is 1.82. The number of aliphatic hydroxyl groups is 1. The Labute approximate surface area is 273 Å². The fourth-order valence-corrected chi connectivity index (χ4v) is 5.68. The highest BCUT2D eigenvalue weighted by Gasteiger charge is 2.40. The van der Waals surface area contributed by atoms with Gasteiger partial charge in [-0.05, 0) is 35.2 Å². The zero-order valence-electron chi connectivity index (χ0n) is 25.4. The van der Waals surface area contributed by atoms with Crippen LogP contribution < -0.4 is 20.4 Å². The van der Waals surface area contributed by atoms with Crippen molar-refractivity contribution < 1.29 is 42.9 Å². The number of carbonyl (C=O) groups excluding carboxylic acids is 5. The first-order chi connectivity index (χ1) is 23.2. The van der Waals surface area contributed by atoms with Gasteiger partial charge in [-0.3, -0.25) is 33.9 Å². The lowest BCUT2D eigenvalue weighted by atomic mass is 10.1. The summed E-state index contributed by atoms with van der Waals surface area (Å²) in [6.07, 6.45) is 0.161. The number of ether oxygens (including phenoxy) is 2. The molecular formula is C34H30FN5O8. The number of cyclic esters (lactones) is 1. The van der Waals surface area contributed by atoms with Crippen molar-refractivity contribution in [1.29, 1.82) is 0 Å². The third-order valence-corrected chi connectivity index (χ3v) is 7.95. The molecule has 246 valence electrons. The highest BCUT2D eigenvalue weighted by molar-refractivity contribution is 6.12. The molecule has 0 saturated carbocycles. The predicted molar refractivity (Wildman–Crippen MR) is 169 cm³/mol. The van der Waals surface area contributed by atoms with E-state index in [0.29, 0.717) is 5.39 Å². The summed E-state index contributed by atoms with van der Waals surface area (Å²) in [5, 5.41) is 16.3. The van der Waals surface area contributed by atoms with E-state index in [-0.39, 0.29) is 30.1 Å². The zero-order valence-corrected chi connectivity index (χ0v) is 25.4. The van der Waals surface area contributed by atoms with E-state index in [2.05, 4.69) is 15.6 Å². The minimum Gasteiger partial charge on any atom is -0.433 e. The average molecular weight is 656 g/mol. The van der Waals surface area contributed by atoms with Crippen LogP contribution in [0.5, 0.6) is 0 Å². The van der Waals surface area contributed by atoms with Crippen molar-refractivity contribution in [3.05, 3.63) is 102 Å². The number of fused-ring (bicyclic) bond motifs is 2. The summed E-state index contributed by atoms with van der Waals surface area (Å²) in [5.41, 5.74) is 0.719. The Bertz CT molecular complexity index is 1880. The average Bonchev–Trinajstić information content (AvgIpc) is 3.40. The number of carbonyl (C=O) groups is 5. The number of aliphatic hydroxyl groups excluding tert-OH is 1. The molecule has 6 rings (SSSR count). The molecule has 2 aliphatic rings. The smallest absolute Gasteiger partial charge is 0.310 e. The van der Waals surface area contributed by atoms with Crippen LogP contribution in [0, 0.1) is 5.82 Å². The second-order valence-corrected chi connectivity index (χ2v) is 11.2. The number of rotatable bonds is 9. The summed E-state index contributed by atoms with van der Waals surface area (Å²) >= 11 is 0. The Hall–Kier alpha value is -5.73. The van der Waals surface area contributed by atoms with Gasteiger partial charge in [0.25, 0.3) is 17.7 Å². The largest absolute Gasteiger partial charge is 0.433 e. The van der Waals surface area contributed by atoms with E-state index in [1.165, 1.54) is 12.3 Å². The summed E-state index contributed by atoms with van der Waals surface area (Å²) in [6.45, 7) is -2.00. The van der Waals surface area contributed by atoms with Crippen LogP contribution in [0.3, 0.4) is 0 Å². The first-order valence-corrected chi connectivity index (χ1v) is 15.0. The van der Waals surface area contributed by atoms with Crippen molar-refractivity contribution in [3.63, 3.8) is 0 Å². The van der Waals surface area contributed by atoms with Crippen LogP contribution in [-0.2, 0) is 35.3 Å². The van der Waals surface area contributed by atoms with Gasteiger partial charge in [-0.2, -0.15) is 0 Å². The number of hydrogen-bond acceptors (Lipinski definition) is 9. The number of aromatic nitrogens is 1. The molecule has 0 aliphatic carbocycles. The molecule has 0 spiro atoms. The van der Waals surface area contributed by atoms with Crippen LogP contribution in [-0.4, -0.2) is 77.8 Å². The molecule has 2 aliphatic heterocycles. The van der Waals surface area contributed by atoms with Gasteiger partial charge < -0.3 is 30.1 Å². The molecule has 1 saturated heterocycles. The fraction of sp³-hybridized carbons (Fsp3) is 0.235. The summed E-state index contributed by atoms with van der Waals surface area (Å²) < 4.78 is 25.6. The Morgan fingerprint density at radius 3 is 2.54 bits per heavy atom. The van der Waals surface area contributed by atoms with Gasteiger partial charge in [0.05, 0.1) is 30.9 Å². The maximum atomic E-state index is 14.6. The lowest BCUT2D eigenvalue weighted by molar-refractivity contribution is -0.168. The quantitative estimate of drug-likeness (QED) is 0.228. The van der Waals surface area contributed by atoms with Crippen molar-refractivity contribution in [2.45, 2.75) is 31.4 Å². The number of nitrogens with one attached hydrogen (secondary N) is 2. The molecule has 0 radical (unpaired) electrons. The maximum Gasteiger partial charge on any atom is 0.310 e. The number of anilines is 2. The molecule has 13 nitrogen and oxygen atoms in total. The Kier molecular flexibility index (Phi) is 9.36.